The van der Waals surface area contributed by atoms with Gasteiger partial charge in [0, 0.05) is 30.8 Å². The Kier molecular flexibility index (Phi) is 5.42. The first-order valence-corrected chi connectivity index (χ1v) is 10.8. The van der Waals surface area contributed by atoms with Crippen molar-refractivity contribution >= 4 is 33.2 Å². The Bertz CT molecular complexity index is 1030. The van der Waals surface area contributed by atoms with Gasteiger partial charge in [-0.1, -0.05) is 12.1 Å². The summed E-state index contributed by atoms with van der Waals surface area (Å²) in [5.41, 5.74) is 3.50. The van der Waals surface area contributed by atoms with Gasteiger partial charge in [-0.3, -0.25) is 13.9 Å². The van der Waals surface area contributed by atoms with Gasteiger partial charge in [0.15, 0.2) is 0 Å². The Balaban J connectivity index is 1.71. The molecule has 2 amide bonds. The van der Waals surface area contributed by atoms with E-state index >= 15 is 0 Å². The number of fused-ring (bicyclic) bond motifs is 1. The number of carbonyl (C=O) groups excluding carboxylic acids is 2. The molecule has 0 fully saturated rings. The molecule has 0 aromatic heterocycles. The summed E-state index contributed by atoms with van der Waals surface area (Å²) in [6, 6.07) is 12.2. The van der Waals surface area contributed by atoms with Crippen molar-refractivity contribution in [3.8, 4) is 0 Å². The molecule has 0 saturated carbocycles. The Hall–Kier alpha value is -2.87. The molecule has 0 aliphatic carbocycles. The number of amides is 2. The first-order valence-electron chi connectivity index (χ1n) is 8.92. The van der Waals surface area contributed by atoms with Crippen LogP contribution in [0, 0.1) is 0 Å². The summed E-state index contributed by atoms with van der Waals surface area (Å²) in [5, 5.41) is 5.56. The first kappa shape index (κ1) is 19.9. The molecular weight excluding hydrogens is 378 g/mol. The minimum Gasteiger partial charge on any atom is -0.348 e. The fourth-order valence-corrected chi connectivity index (χ4v) is 4.76. The minimum absolute atomic E-state index is 0.156. The van der Waals surface area contributed by atoms with E-state index in [9.17, 15) is 18.0 Å². The van der Waals surface area contributed by atoms with Crippen molar-refractivity contribution in [3.05, 3.63) is 59.2 Å². The number of hydrogen-bond acceptors (Lipinski definition) is 4. The van der Waals surface area contributed by atoms with Crippen molar-refractivity contribution in [1.82, 2.24) is 5.32 Å². The van der Waals surface area contributed by atoms with Crippen LogP contribution in [0.25, 0.3) is 0 Å². The van der Waals surface area contributed by atoms with Crippen molar-refractivity contribution < 1.29 is 18.0 Å². The highest BCUT2D eigenvalue weighted by Gasteiger charge is 2.32. The van der Waals surface area contributed by atoms with Crippen LogP contribution < -0.4 is 14.9 Å². The second kappa shape index (κ2) is 7.63. The van der Waals surface area contributed by atoms with Crippen LogP contribution >= 0.6 is 0 Å². The van der Waals surface area contributed by atoms with Crippen LogP contribution in [-0.2, 0) is 27.8 Å². The predicted octanol–water partition coefficient (Wildman–Crippen LogP) is 2.29. The van der Waals surface area contributed by atoms with E-state index in [0.717, 1.165) is 11.1 Å². The van der Waals surface area contributed by atoms with E-state index in [1.165, 1.54) is 17.5 Å². The molecule has 8 heteroatoms. The minimum atomic E-state index is -3.35. The highest BCUT2D eigenvalue weighted by Crippen LogP contribution is 2.34. The Morgan fingerprint density at radius 3 is 2.61 bits per heavy atom. The average molecular weight is 401 g/mol. The molecule has 0 spiro atoms. The molecule has 0 saturated heterocycles. The van der Waals surface area contributed by atoms with E-state index in [-0.39, 0.29) is 17.9 Å². The Labute approximate surface area is 164 Å². The fraction of sp³-hybridized carbons (Fsp3) is 0.300. The third kappa shape index (κ3) is 4.33. The number of rotatable bonds is 5. The SMILES string of the molecule is CC(=O)Nc1cccc(CNC(=O)c2ccc3c(c2)CC(C)N3S(C)(=O)=O)c1. The van der Waals surface area contributed by atoms with Gasteiger partial charge in [-0.15, -0.1) is 0 Å². The van der Waals surface area contributed by atoms with Crippen LogP contribution in [0.2, 0.25) is 0 Å². The van der Waals surface area contributed by atoms with Crippen molar-refractivity contribution in [1.29, 1.82) is 0 Å². The summed E-state index contributed by atoms with van der Waals surface area (Å²) < 4.78 is 25.4. The van der Waals surface area contributed by atoms with Gasteiger partial charge in [-0.2, -0.15) is 0 Å². The van der Waals surface area contributed by atoms with Gasteiger partial charge in [-0.05, 0) is 54.8 Å². The molecule has 28 heavy (non-hydrogen) atoms. The van der Waals surface area contributed by atoms with Crippen molar-refractivity contribution in [2.75, 3.05) is 15.9 Å². The van der Waals surface area contributed by atoms with Crippen LogP contribution in [0.5, 0.6) is 0 Å². The lowest BCUT2D eigenvalue weighted by molar-refractivity contribution is -0.114. The molecule has 1 aliphatic heterocycles. The van der Waals surface area contributed by atoms with E-state index in [2.05, 4.69) is 10.6 Å². The van der Waals surface area contributed by atoms with Gasteiger partial charge >= 0.3 is 0 Å². The summed E-state index contributed by atoms with van der Waals surface area (Å²) in [6.07, 6.45) is 1.76. The quantitative estimate of drug-likeness (QED) is 0.804. The van der Waals surface area contributed by atoms with Gasteiger partial charge in [0.2, 0.25) is 15.9 Å². The third-order valence-corrected chi connectivity index (χ3v) is 5.82. The van der Waals surface area contributed by atoms with Crippen LogP contribution in [0.1, 0.15) is 35.3 Å². The largest absolute Gasteiger partial charge is 0.348 e. The Morgan fingerprint density at radius 1 is 1.18 bits per heavy atom. The molecule has 0 radical (unpaired) electrons. The molecule has 0 bridgehead atoms. The van der Waals surface area contributed by atoms with Crippen molar-refractivity contribution in [2.24, 2.45) is 0 Å². The predicted molar refractivity (Wildman–Crippen MR) is 109 cm³/mol. The molecular formula is C20H23N3O4S. The summed E-state index contributed by atoms with van der Waals surface area (Å²) >= 11 is 0. The summed E-state index contributed by atoms with van der Waals surface area (Å²) in [7, 11) is -3.35. The number of carbonyl (C=O) groups is 2. The highest BCUT2D eigenvalue weighted by molar-refractivity contribution is 7.92. The number of hydrogen-bond donors (Lipinski definition) is 2. The standard InChI is InChI=1S/C20H23N3O4S/c1-13-9-17-11-16(7-8-19(17)23(13)28(3,26)27)20(25)21-12-15-5-4-6-18(10-15)22-14(2)24/h4-8,10-11,13H,9,12H2,1-3H3,(H,21,25)(H,22,24). The van der Waals surface area contributed by atoms with Gasteiger partial charge in [-0.25, -0.2) is 8.42 Å². The lowest BCUT2D eigenvalue weighted by Gasteiger charge is -2.21. The van der Waals surface area contributed by atoms with Crippen molar-refractivity contribution in [2.45, 2.75) is 32.9 Å². The van der Waals surface area contributed by atoms with E-state index in [0.29, 0.717) is 29.9 Å². The second-order valence-corrected chi connectivity index (χ2v) is 8.88. The second-order valence-electron chi connectivity index (χ2n) is 7.02. The molecule has 3 rings (SSSR count). The average Bonchev–Trinajstić information content (AvgIpc) is 2.94. The molecule has 1 heterocycles. The monoisotopic (exact) mass is 401 g/mol. The lowest BCUT2D eigenvalue weighted by Crippen LogP contribution is -2.34. The smallest absolute Gasteiger partial charge is 0.251 e. The maximum Gasteiger partial charge on any atom is 0.251 e. The lowest BCUT2D eigenvalue weighted by atomic mass is 10.1. The van der Waals surface area contributed by atoms with Gasteiger partial charge in [0.05, 0.1) is 11.9 Å². The maximum atomic E-state index is 12.5. The molecule has 148 valence electrons. The van der Waals surface area contributed by atoms with E-state index in [1.807, 2.05) is 19.1 Å². The van der Waals surface area contributed by atoms with Crippen LogP contribution in [0.4, 0.5) is 11.4 Å². The molecule has 2 N–H and O–H groups in total. The number of nitrogens with zero attached hydrogens (tertiary/aromatic N) is 1. The van der Waals surface area contributed by atoms with Gasteiger partial charge in [0.1, 0.15) is 0 Å². The molecule has 1 atom stereocenters. The Morgan fingerprint density at radius 2 is 1.93 bits per heavy atom. The summed E-state index contributed by atoms with van der Waals surface area (Å²) in [5.74, 6) is -0.394. The van der Waals surface area contributed by atoms with E-state index in [4.69, 9.17) is 0 Å². The topological polar surface area (TPSA) is 95.6 Å². The van der Waals surface area contributed by atoms with Crippen LogP contribution in [0.15, 0.2) is 42.5 Å². The van der Waals surface area contributed by atoms with Crippen LogP contribution in [-0.4, -0.2) is 32.5 Å². The zero-order valence-electron chi connectivity index (χ0n) is 16.0. The maximum absolute atomic E-state index is 12.5. The molecule has 7 nitrogen and oxygen atoms in total. The van der Waals surface area contributed by atoms with Gasteiger partial charge < -0.3 is 10.6 Å². The molecule has 2 aromatic rings. The molecule has 1 aliphatic rings. The normalized spacial score (nSPS) is 15.8. The number of benzene rings is 2. The zero-order valence-corrected chi connectivity index (χ0v) is 16.8. The fourth-order valence-electron chi connectivity index (χ4n) is 3.50. The number of nitrogens with one attached hydrogen (secondary N) is 2. The third-order valence-electron chi connectivity index (χ3n) is 4.55. The first-order chi connectivity index (χ1) is 13.1. The zero-order chi connectivity index (χ0) is 20.5. The summed E-state index contributed by atoms with van der Waals surface area (Å²) in [6.45, 7) is 3.60. The van der Waals surface area contributed by atoms with E-state index in [1.54, 1.807) is 30.3 Å². The van der Waals surface area contributed by atoms with Gasteiger partial charge in [0.25, 0.3) is 5.91 Å². The van der Waals surface area contributed by atoms with Crippen LogP contribution in [0.3, 0.4) is 0 Å². The highest BCUT2D eigenvalue weighted by atomic mass is 32.2. The molecule has 1 unspecified atom stereocenters. The van der Waals surface area contributed by atoms with Crippen molar-refractivity contribution in [3.63, 3.8) is 0 Å². The number of anilines is 2. The van der Waals surface area contributed by atoms with E-state index < -0.39 is 10.0 Å². The summed E-state index contributed by atoms with van der Waals surface area (Å²) in [4.78, 5) is 23.7. The molecule has 2 aromatic carbocycles. The number of sulfonamides is 1.